The van der Waals surface area contributed by atoms with Crippen molar-refractivity contribution in [3.63, 3.8) is 0 Å². The molecule has 106 valence electrons. The summed E-state index contributed by atoms with van der Waals surface area (Å²) in [5, 5.41) is 3.87. The molecule has 0 aliphatic carbocycles. The fourth-order valence-corrected chi connectivity index (χ4v) is 2.06. The van der Waals surface area contributed by atoms with Gasteiger partial charge in [-0.2, -0.15) is 5.10 Å². The second-order valence-corrected chi connectivity index (χ2v) is 4.86. The lowest BCUT2D eigenvalue weighted by Gasteiger charge is -2.04. The molecule has 20 heavy (non-hydrogen) atoms. The Balaban J connectivity index is 2.28. The van der Waals surface area contributed by atoms with Crippen LogP contribution in [-0.4, -0.2) is 15.6 Å². The number of carbonyl (C=O) groups excluding carboxylic acids is 1. The molecule has 0 unspecified atom stereocenters. The van der Waals surface area contributed by atoms with Crippen LogP contribution in [-0.2, 0) is 19.9 Å². The second-order valence-electron chi connectivity index (χ2n) is 4.45. The third-order valence-electron chi connectivity index (χ3n) is 3.04. The van der Waals surface area contributed by atoms with E-state index in [1.165, 1.54) is 0 Å². The molecule has 0 saturated heterocycles. The molecule has 0 fully saturated rings. The number of halogens is 3. The minimum absolute atomic E-state index is 0.0402. The van der Waals surface area contributed by atoms with Crippen molar-refractivity contribution >= 4 is 17.4 Å². The number of aryl methyl sites for hydroxylation is 2. The van der Waals surface area contributed by atoms with Gasteiger partial charge in [-0.25, -0.2) is 8.78 Å². The van der Waals surface area contributed by atoms with Crippen molar-refractivity contribution in [3.8, 4) is 0 Å². The Labute approximate surface area is 120 Å². The molecule has 0 saturated carbocycles. The molecule has 0 aliphatic rings. The van der Waals surface area contributed by atoms with Crippen LogP contribution in [0.1, 0.15) is 28.7 Å². The molecule has 0 radical (unpaired) electrons. The fourth-order valence-electron chi connectivity index (χ4n) is 1.91. The van der Waals surface area contributed by atoms with Crippen LogP contribution in [0.15, 0.2) is 18.2 Å². The molecule has 2 rings (SSSR count). The van der Waals surface area contributed by atoms with E-state index >= 15 is 0 Å². The number of rotatable bonds is 4. The van der Waals surface area contributed by atoms with Gasteiger partial charge in [0.05, 0.1) is 22.7 Å². The zero-order valence-electron chi connectivity index (χ0n) is 11.1. The van der Waals surface area contributed by atoms with Gasteiger partial charge < -0.3 is 0 Å². The number of benzene rings is 1. The van der Waals surface area contributed by atoms with Gasteiger partial charge in [0.25, 0.3) is 0 Å². The van der Waals surface area contributed by atoms with Crippen molar-refractivity contribution in [3.05, 3.63) is 51.8 Å². The summed E-state index contributed by atoms with van der Waals surface area (Å²) in [6.45, 7) is 1.95. The van der Waals surface area contributed by atoms with Gasteiger partial charge in [-0.15, -0.1) is 0 Å². The van der Waals surface area contributed by atoms with E-state index < -0.39 is 17.4 Å². The molecule has 3 nitrogen and oxygen atoms in total. The number of aromatic nitrogens is 2. The Morgan fingerprint density at radius 1 is 1.30 bits per heavy atom. The highest BCUT2D eigenvalue weighted by molar-refractivity contribution is 6.30. The minimum Gasteiger partial charge on any atom is -0.294 e. The minimum atomic E-state index is -0.820. The summed E-state index contributed by atoms with van der Waals surface area (Å²) in [5.74, 6) is -2.14. The monoisotopic (exact) mass is 298 g/mol. The summed E-state index contributed by atoms with van der Waals surface area (Å²) in [6.07, 6.45) is 0.702. The molecule has 0 amide bonds. The van der Waals surface area contributed by atoms with Crippen LogP contribution in [0.2, 0.25) is 5.02 Å². The molecular weight excluding hydrogens is 286 g/mol. The Hall–Kier alpha value is -1.75. The molecule has 0 aliphatic heterocycles. The number of ketones is 1. The van der Waals surface area contributed by atoms with E-state index in [4.69, 9.17) is 11.6 Å². The average molecular weight is 299 g/mol. The van der Waals surface area contributed by atoms with Gasteiger partial charge >= 0.3 is 0 Å². The van der Waals surface area contributed by atoms with Crippen LogP contribution in [0.25, 0.3) is 0 Å². The van der Waals surface area contributed by atoms with E-state index in [1.54, 1.807) is 17.8 Å². The van der Waals surface area contributed by atoms with Crippen LogP contribution in [0.4, 0.5) is 8.78 Å². The van der Waals surface area contributed by atoms with Crippen molar-refractivity contribution in [2.45, 2.75) is 19.8 Å². The van der Waals surface area contributed by atoms with Crippen LogP contribution in [0.5, 0.6) is 0 Å². The molecule has 0 spiro atoms. The van der Waals surface area contributed by atoms with Gasteiger partial charge in [0.15, 0.2) is 5.78 Å². The molecular formula is C14H13ClF2N2O. The van der Waals surface area contributed by atoms with Gasteiger partial charge in [-0.05, 0) is 24.6 Å². The molecule has 0 atom stereocenters. The molecule has 0 N–H and O–H groups in total. The molecule has 0 bridgehead atoms. The Kier molecular flexibility index (Phi) is 4.18. The van der Waals surface area contributed by atoms with Crippen LogP contribution < -0.4 is 0 Å². The zero-order chi connectivity index (χ0) is 14.9. The lowest BCUT2D eigenvalue weighted by molar-refractivity contribution is 0.0986. The first-order chi connectivity index (χ1) is 9.42. The van der Waals surface area contributed by atoms with E-state index in [0.717, 1.165) is 24.2 Å². The number of Topliss-reactive ketones (excluding diaryl/α,β-unsaturated/α-hetero) is 1. The molecule has 6 heteroatoms. The van der Waals surface area contributed by atoms with Gasteiger partial charge in [0.1, 0.15) is 11.6 Å². The number of hydrogen-bond acceptors (Lipinski definition) is 2. The van der Waals surface area contributed by atoms with Gasteiger partial charge in [0, 0.05) is 12.7 Å². The largest absolute Gasteiger partial charge is 0.294 e. The van der Waals surface area contributed by atoms with Crippen LogP contribution >= 0.6 is 11.6 Å². The summed E-state index contributed by atoms with van der Waals surface area (Å²) >= 11 is 5.46. The topological polar surface area (TPSA) is 34.9 Å². The Morgan fingerprint density at radius 2 is 2.00 bits per heavy atom. The highest BCUT2D eigenvalue weighted by Crippen LogP contribution is 2.20. The van der Waals surface area contributed by atoms with Crippen molar-refractivity contribution in [2.75, 3.05) is 0 Å². The maximum atomic E-state index is 13.7. The second kappa shape index (κ2) is 5.71. The third-order valence-corrected chi connectivity index (χ3v) is 3.33. The maximum Gasteiger partial charge on any atom is 0.171 e. The lowest BCUT2D eigenvalue weighted by Crippen LogP contribution is -2.10. The van der Waals surface area contributed by atoms with E-state index in [2.05, 4.69) is 5.10 Å². The molecule has 1 heterocycles. The van der Waals surface area contributed by atoms with Gasteiger partial charge in [-0.1, -0.05) is 18.5 Å². The predicted molar refractivity (Wildman–Crippen MR) is 72.0 cm³/mol. The smallest absolute Gasteiger partial charge is 0.171 e. The van der Waals surface area contributed by atoms with E-state index in [-0.39, 0.29) is 17.0 Å². The lowest BCUT2D eigenvalue weighted by atomic mass is 10.1. The average Bonchev–Trinajstić information content (AvgIpc) is 2.74. The maximum absolute atomic E-state index is 13.7. The number of carbonyl (C=O) groups is 1. The Bertz CT molecular complexity index is 667. The van der Waals surface area contributed by atoms with Crippen molar-refractivity contribution < 1.29 is 13.6 Å². The van der Waals surface area contributed by atoms with Crippen molar-refractivity contribution in [2.24, 2.45) is 7.05 Å². The quantitative estimate of drug-likeness (QED) is 0.641. The zero-order valence-corrected chi connectivity index (χ0v) is 11.8. The normalized spacial score (nSPS) is 10.8. The summed E-state index contributed by atoms with van der Waals surface area (Å²) in [6, 6.07) is 3.42. The van der Waals surface area contributed by atoms with Crippen molar-refractivity contribution in [1.82, 2.24) is 9.78 Å². The summed E-state index contributed by atoms with van der Waals surface area (Å²) < 4.78 is 28.6. The van der Waals surface area contributed by atoms with Crippen LogP contribution in [0.3, 0.4) is 0 Å². The van der Waals surface area contributed by atoms with Gasteiger partial charge in [-0.3, -0.25) is 9.48 Å². The predicted octanol–water partition coefficient (Wildman–Crippen LogP) is 3.34. The third kappa shape index (κ3) is 2.88. The first-order valence-corrected chi connectivity index (χ1v) is 6.49. The highest BCUT2D eigenvalue weighted by Gasteiger charge is 2.17. The first kappa shape index (κ1) is 14.7. The van der Waals surface area contributed by atoms with Crippen LogP contribution in [0, 0.1) is 11.6 Å². The highest BCUT2D eigenvalue weighted by atomic mass is 35.5. The molecule has 2 aromatic rings. The summed E-state index contributed by atoms with van der Waals surface area (Å²) in [4.78, 5) is 12.1. The number of hydrogen-bond donors (Lipinski definition) is 0. The summed E-state index contributed by atoms with van der Waals surface area (Å²) in [7, 11) is 1.71. The summed E-state index contributed by atoms with van der Waals surface area (Å²) in [5.41, 5.74) is 1.20. The van der Waals surface area contributed by atoms with E-state index in [0.29, 0.717) is 5.69 Å². The molecule has 1 aromatic heterocycles. The first-order valence-electron chi connectivity index (χ1n) is 6.12. The fraction of sp³-hybridized carbons (Fsp3) is 0.286. The Morgan fingerprint density at radius 3 is 2.60 bits per heavy atom. The van der Waals surface area contributed by atoms with E-state index in [1.807, 2.05) is 6.92 Å². The van der Waals surface area contributed by atoms with Crippen molar-refractivity contribution in [1.29, 1.82) is 0 Å². The standard InChI is InChI=1S/C14H13ClF2N2O/c1-3-8-4-9(19(2)18-8)5-14(20)10-6-13(17)11(15)7-12(10)16/h4,6-7H,3,5H2,1-2H3. The molecule has 1 aromatic carbocycles. The van der Waals surface area contributed by atoms with Gasteiger partial charge in [0.2, 0.25) is 0 Å². The SMILES string of the molecule is CCc1cc(CC(=O)c2cc(F)c(Cl)cc2F)n(C)n1. The van der Waals surface area contributed by atoms with E-state index in [9.17, 15) is 13.6 Å². The number of nitrogens with zero attached hydrogens (tertiary/aromatic N) is 2.